The van der Waals surface area contributed by atoms with Crippen LogP contribution in [0, 0.1) is 41.4 Å². The summed E-state index contributed by atoms with van der Waals surface area (Å²) in [5, 5.41) is 0. The highest BCUT2D eigenvalue weighted by atomic mass is 14.4. The normalized spacial score (nSPS) is 31.3. The van der Waals surface area contributed by atoms with E-state index in [0.29, 0.717) is 0 Å². The van der Waals surface area contributed by atoms with Crippen LogP contribution in [0.4, 0.5) is 0 Å². The maximum atomic E-state index is 2.47. The second-order valence-electron chi connectivity index (χ2n) is 13.9. The van der Waals surface area contributed by atoms with E-state index in [1.54, 1.807) is 51.4 Å². The van der Waals surface area contributed by atoms with Crippen molar-refractivity contribution in [2.75, 3.05) is 0 Å². The summed E-state index contributed by atoms with van der Waals surface area (Å²) >= 11 is 0. The Morgan fingerprint density at radius 1 is 0.263 bits per heavy atom. The van der Waals surface area contributed by atoms with Crippen LogP contribution >= 0.6 is 0 Å². The largest absolute Gasteiger partial charge is 0.0683 e. The monoisotopic (exact) mass is 533 g/mol. The molecule has 5 fully saturated rings. The molecule has 0 aromatic heterocycles. The Labute approximate surface area is 243 Å². The molecule has 5 rings (SSSR count). The molecule has 5 saturated carbocycles. The Kier molecular flexibility index (Phi) is 22.5. The molecule has 38 heavy (non-hydrogen) atoms. The van der Waals surface area contributed by atoms with E-state index in [-0.39, 0.29) is 0 Å². The summed E-state index contributed by atoms with van der Waals surface area (Å²) < 4.78 is 0. The van der Waals surface area contributed by atoms with Crippen molar-refractivity contribution < 1.29 is 0 Å². The third kappa shape index (κ3) is 15.7. The highest BCUT2D eigenvalue weighted by Gasteiger charge is 2.34. The zero-order chi connectivity index (χ0) is 28.0. The van der Waals surface area contributed by atoms with Crippen LogP contribution in [0.15, 0.2) is 0 Å². The molecule has 0 bridgehead atoms. The first-order valence-corrected chi connectivity index (χ1v) is 18.6. The molecule has 0 aliphatic heterocycles. The van der Waals surface area contributed by atoms with E-state index in [9.17, 15) is 0 Å². The molecule has 5 aliphatic rings. The molecule has 0 nitrogen and oxygen atoms in total. The fourth-order valence-electron chi connectivity index (χ4n) is 7.99. The fourth-order valence-corrected chi connectivity index (χ4v) is 7.99. The van der Waals surface area contributed by atoms with Gasteiger partial charge in [0.15, 0.2) is 0 Å². The molecule has 0 heteroatoms. The van der Waals surface area contributed by atoms with Gasteiger partial charge in [0.1, 0.15) is 0 Å². The summed E-state index contributed by atoms with van der Waals surface area (Å²) in [4.78, 5) is 0. The van der Waals surface area contributed by atoms with Crippen LogP contribution in [0.25, 0.3) is 0 Å². The van der Waals surface area contributed by atoms with Crippen LogP contribution in [0.1, 0.15) is 203 Å². The molecule has 4 unspecified atom stereocenters. The summed E-state index contributed by atoms with van der Waals surface area (Å²) in [5.41, 5.74) is 0. The van der Waals surface area contributed by atoms with Gasteiger partial charge in [0.25, 0.3) is 0 Å². The standard InChI is InChI=1S/C18H32.2C8H16.2C2H6/c1-14-5-2-6-16(12-11-14)18-10-4-9-17(13-18)15-7-3-8-15;2*1-8-6-4-2-3-5-7-8;2*1-2/h14-18H,2-13H2,1H3;2*8H,2-7H2,1H3;2*1-2H3. The minimum Gasteiger partial charge on any atom is -0.0683 e. The molecule has 0 saturated heterocycles. The van der Waals surface area contributed by atoms with E-state index in [1.807, 2.05) is 27.7 Å². The molecule has 0 aromatic carbocycles. The number of hydrogen-bond donors (Lipinski definition) is 0. The van der Waals surface area contributed by atoms with Crippen LogP contribution in [-0.4, -0.2) is 0 Å². The van der Waals surface area contributed by atoms with Crippen molar-refractivity contribution in [1.82, 2.24) is 0 Å². The molecule has 0 N–H and O–H groups in total. The van der Waals surface area contributed by atoms with Gasteiger partial charge in [0.2, 0.25) is 0 Å². The number of rotatable bonds is 2. The van der Waals surface area contributed by atoms with Gasteiger partial charge in [-0.25, -0.2) is 0 Å². The Morgan fingerprint density at radius 2 is 0.553 bits per heavy atom. The Hall–Kier alpha value is 0. The van der Waals surface area contributed by atoms with E-state index in [0.717, 1.165) is 41.4 Å². The van der Waals surface area contributed by atoms with Gasteiger partial charge in [-0.2, -0.15) is 0 Å². The maximum absolute atomic E-state index is 2.47. The Morgan fingerprint density at radius 3 is 0.974 bits per heavy atom. The lowest BCUT2D eigenvalue weighted by molar-refractivity contribution is 0.101. The van der Waals surface area contributed by atoms with Gasteiger partial charge < -0.3 is 0 Å². The lowest BCUT2D eigenvalue weighted by Gasteiger charge is -2.41. The Bertz CT molecular complexity index is 456. The van der Waals surface area contributed by atoms with Crippen molar-refractivity contribution >= 4 is 0 Å². The molecule has 0 amide bonds. The van der Waals surface area contributed by atoms with Crippen LogP contribution in [0.5, 0.6) is 0 Å². The fraction of sp³-hybridized carbons (Fsp3) is 1.00. The van der Waals surface area contributed by atoms with Crippen molar-refractivity contribution in [1.29, 1.82) is 0 Å². The van der Waals surface area contributed by atoms with Crippen molar-refractivity contribution in [3.63, 3.8) is 0 Å². The predicted molar refractivity (Wildman–Crippen MR) is 175 cm³/mol. The van der Waals surface area contributed by atoms with Gasteiger partial charge in [-0.05, 0) is 54.3 Å². The second kappa shape index (κ2) is 23.7. The smallest absolute Gasteiger partial charge is 0.0383 e. The average Bonchev–Trinajstić information content (AvgIpc) is 3.41. The van der Waals surface area contributed by atoms with Crippen molar-refractivity contribution in [3.8, 4) is 0 Å². The third-order valence-corrected chi connectivity index (χ3v) is 10.8. The first-order valence-electron chi connectivity index (χ1n) is 18.6. The van der Waals surface area contributed by atoms with Crippen molar-refractivity contribution in [2.24, 2.45) is 41.4 Å². The lowest BCUT2D eigenvalue weighted by atomic mass is 9.64. The second-order valence-corrected chi connectivity index (χ2v) is 13.9. The van der Waals surface area contributed by atoms with Gasteiger partial charge >= 0.3 is 0 Å². The van der Waals surface area contributed by atoms with Crippen LogP contribution < -0.4 is 0 Å². The topological polar surface area (TPSA) is 0 Å². The van der Waals surface area contributed by atoms with Crippen LogP contribution in [-0.2, 0) is 0 Å². The van der Waals surface area contributed by atoms with Crippen molar-refractivity contribution in [3.05, 3.63) is 0 Å². The summed E-state index contributed by atoms with van der Waals surface area (Å²) in [6, 6.07) is 0. The zero-order valence-corrected chi connectivity index (χ0v) is 28.0. The molecule has 228 valence electrons. The van der Waals surface area contributed by atoms with Crippen molar-refractivity contribution in [2.45, 2.75) is 203 Å². The SMILES string of the molecule is CC.CC.CC1CCCC(C2CCCC(C3CCC3)C2)CC1.CC1CCCCCC1.CC1CCCCCC1. The summed E-state index contributed by atoms with van der Waals surface area (Å²) in [6.07, 6.45) is 36.5. The van der Waals surface area contributed by atoms with E-state index >= 15 is 0 Å². The third-order valence-electron chi connectivity index (χ3n) is 10.8. The van der Waals surface area contributed by atoms with Gasteiger partial charge in [-0.3, -0.25) is 0 Å². The minimum absolute atomic E-state index is 1.01. The van der Waals surface area contributed by atoms with Gasteiger partial charge in [0, 0.05) is 0 Å². The zero-order valence-electron chi connectivity index (χ0n) is 28.0. The summed E-state index contributed by atoms with van der Waals surface area (Å²) in [7, 11) is 0. The van der Waals surface area contributed by atoms with Gasteiger partial charge in [-0.1, -0.05) is 190 Å². The highest BCUT2D eigenvalue weighted by molar-refractivity contribution is 4.86. The Balaban J connectivity index is 0.000000302. The lowest BCUT2D eigenvalue weighted by Crippen LogP contribution is -2.30. The molecular formula is C38H76. The van der Waals surface area contributed by atoms with Crippen LogP contribution in [0.2, 0.25) is 0 Å². The summed E-state index contributed by atoms with van der Waals surface area (Å²) in [5.74, 6) is 7.58. The van der Waals surface area contributed by atoms with E-state index in [4.69, 9.17) is 0 Å². The molecule has 0 aromatic rings. The van der Waals surface area contributed by atoms with Crippen LogP contribution in [0.3, 0.4) is 0 Å². The molecule has 5 aliphatic carbocycles. The highest BCUT2D eigenvalue weighted by Crippen LogP contribution is 2.46. The quantitative estimate of drug-likeness (QED) is 0.310. The predicted octanol–water partition coefficient (Wildman–Crippen LogP) is 13.8. The molecule has 0 spiro atoms. The first-order chi connectivity index (χ1) is 18.6. The molecule has 0 heterocycles. The van der Waals surface area contributed by atoms with E-state index in [2.05, 4.69) is 20.8 Å². The first kappa shape index (κ1) is 36.0. The van der Waals surface area contributed by atoms with Gasteiger partial charge in [-0.15, -0.1) is 0 Å². The molecular weight excluding hydrogens is 456 g/mol. The minimum atomic E-state index is 1.01. The van der Waals surface area contributed by atoms with Gasteiger partial charge in [0.05, 0.1) is 0 Å². The van der Waals surface area contributed by atoms with E-state index in [1.165, 1.54) is 103 Å². The maximum Gasteiger partial charge on any atom is -0.0383 e. The number of hydrogen-bond acceptors (Lipinski definition) is 0. The average molecular weight is 533 g/mol. The summed E-state index contributed by atoms with van der Waals surface area (Å²) in [6.45, 7) is 15.2. The molecule has 0 radical (unpaired) electrons. The molecule has 4 atom stereocenters. The van der Waals surface area contributed by atoms with E-state index < -0.39 is 0 Å².